The second kappa shape index (κ2) is 6.61. The summed E-state index contributed by atoms with van der Waals surface area (Å²) in [6.45, 7) is 4.93. The fraction of sp³-hybridized carbons (Fsp3) is 0.250. The predicted octanol–water partition coefficient (Wildman–Crippen LogP) is 3.45. The van der Waals surface area contributed by atoms with Gasteiger partial charge in [-0.3, -0.25) is 4.90 Å². The first kappa shape index (κ1) is 15.7. The maximum atomic E-state index is 11.0. The first-order chi connectivity index (χ1) is 12.2. The van der Waals surface area contributed by atoms with Crippen molar-refractivity contribution >= 4 is 22.6 Å². The Bertz CT molecular complexity index is 880. The van der Waals surface area contributed by atoms with Crippen LogP contribution in [0.25, 0.3) is 11.0 Å². The van der Waals surface area contributed by atoms with Gasteiger partial charge in [-0.2, -0.15) is 0 Å². The molecule has 2 heterocycles. The number of hydrogen-bond donors (Lipinski definition) is 1. The molecule has 1 aliphatic rings. The van der Waals surface area contributed by atoms with Crippen LogP contribution in [0.3, 0.4) is 0 Å². The molecule has 0 saturated carbocycles. The number of carbonyl (C=O) groups is 1. The standard InChI is InChI=1S/C20H20N2O3/c23-20(24)19-13-16-12-17(6-7-18(16)25-19)22-10-8-21(9-11-22)14-15-4-2-1-3-5-15/h1-7,12-13H,8-11,14H2,(H,23,24). The van der Waals surface area contributed by atoms with Gasteiger partial charge in [0.15, 0.2) is 0 Å². The fourth-order valence-corrected chi connectivity index (χ4v) is 3.34. The number of carboxylic acid groups (broad SMARTS) is 1. The first-order valence-electron chi connectivity index (χ1n) is 8.47. The van der Waals surface area contributed by atoms with E-state index < -0.39 is 5.97 Å². The van der Waals surface area contributed by atoms with Gasteiger partial charge in [-0.1, -0.05) is 30.3 Å². The van der Waals surface area contributed by atoms with Gasteiger partial charge in [-0.05, 0) is 29.8 Å². The number of fused-ring (bicyclic) bond motifs is 1. The van der Waals surface area contributed by atoms with E-state index in [-0.39, 0.29) is 5.76 Å². The number of aromatic carboxylic acids is 1. The van der Waals surface area contributed by atoms with E-state index in [1.54, 1.807) is 6.07 Å². The van der Waals surface area contributed by atoms with Crippen LogP contribution in [0, 0.1) is 0 Å². The Kier molecular flexibility index (Phi) is 4.15. The first-order valence-corrected chi connectivity index (χ1v) is 8.47. The average Bonchev–Trinajstić information content (AvgIpc) is 3.07. The smallest absolute Gasteiger partial charge is 0.371 e. The zero-order chi connectivity index (χ0) is 17.2. The number of nitrogens with zero attached hydrogens (tertiary/aromatic N) is 2. The van der Waals surface area contributed by atoms with Gasteiger partial charge in [-0.25, -0.2) is 4.79 Å². The van der Waals surface area contributed by atoms with Gasteiger partial charge in [-0.15, -0.1) is 0 Å². The molecule has 2 aromatic carbocycles. The highest BCUT2D eigenvalue weighted by atomic mass is 16.4. The van der Waals surface area contributed by atoms with Crippen molar-refractivity contribution in [2.75, 3.05) is 31.1 Å². The lowest BCUT2D eigenvalue weighted by molar-refractivity contribution is 0.0665. The van der Waals surface area contributed by atoms with Crippen LogP contribution in [-0.4, -0.2) is 42.2 Å². The molecule has 5 nitrogen and oxygen atoms in total. The van der Waals surface area contributed by atoms with Crippen LogP contribution in [0.1, 0.15) is 16.1 Å². The molecule has 1 saturated heterocycles. The molecule has 128 valence electrons. The van der Waals surface area contributed by atoms with Crippen molar-refractivity contribution < 1.29 is 14.3 Å². The van der Waals surface area contributed by atoms with Crippen molar-refractivity contribution in [3.8, 4) is 0 Å². The summed E-state index contributed by atoms with van der Waals surface area (Å²) >= 11 is 0. The van der Waals surface area contributed by atoms with E-state index in [1.807, 2.05) is 24.3 Å². The topological polar surface area (TPSA) is 56.9 Å². The van der Waals surface area contributed by atoms with Gasteiger partial charge < -0.3 is 14.4 Å². The van der Waals surface area contributed by atoms with E-state index in [4.69, 9.17) is 9.52 Å². The number of rotatable bonds is 4. The Morgan fingerprint density at radius 1 is 1.00 bits per heavy atom. The molecule has 1 aromatic heterocycles. The van der Waals surface area contributed by atoms with E-state index in [2.05, 4.69) is 34.1 Å². The van der Waals surface area contributed by atoms with Crippen molar-refractivity contribution in [2.24, 2.45) is 0 Å². The number of anilines is 1. The van der Waals surface area contributed by atoms with Crippen LogP contribution < -0.4 is 4.90 Å². The highest BCUT2D eigenvalue weighted by molar-refractivity contribution is 5.92. The summed E-state index contributed by atoms with van der Waals surface area (Å²) in [5.41, 5.74) is 3.07. The normalized spacial score (nSPS) is 15.6. The maximum Gasteiger partial charge on any atom is 0.371 e. The minimum absolute atomic E-state index is 0.0140. The third-order valence-corrected chi connectivity index (χ3v) is 4.70. The van der Waals surface area contributed by atoms with Crippen molar-refractivity contribution in [2.45, 2.75) is 6.54 Å². The second-order valence-corrected chi connectivity index (χ2v) is 6.39. The number of furan rings is 1. The number of hydrogen-bond acceptors (Lipinski definition) is 4. The molecule has 25 heavy (non-hydrogen) atoms. The molecule has 5 heteroatoms. The predicted molar refractivity (Wildman–Crippen MR) is 97.1 cm³/mol. The van der Waals surface area contributed by atoms with Crippen LogP contribution in [-0.2, 0) is 6.54 Å². The third-order valence-electron chi connectivity index (χ3n) is 4.70. The molecule has 0 spiro atoms. The zero-order valence-corrected chi connectivity index (χ0v) is 13.9. The molecule has 0 amide bonds. The quantitative estimate of drug-likeness (QED) is 0.791. The summed E-state index contributed by atoms with van der Waals surface area (Å²) in [6, 6.07) is 18.0. The summed E-state index contributed by atoms with van der Waals surface area (Å²) < 4.78 is 5.33. The molecule has 0 aliphatic carbocycles. The Hall–Kier alpha value is -2.79. The number of piperazine rings is 1. The molecule has 1 fully saturated rings. The van der Waals surface area contributed by atoms with Gasteiger partial charge in [0.1, 0.15) is 5.58 Å². The van der Waals surface area contributed by atoms with Crippen molar-refractivity contribution in [1.29, 1.82) is 0 Å². The van der Waals surface area contributed by atoms with Crippen molar-refractivity contribution in [1.82, 2.24) is 4.90 Å². The lowest BCUT2D eigenvalue weighted by Crippen LogP contribution is -2.45. The van der Waals surface area contributed by atoms with Crippen LogP contribution in [0.4, 0.5) is 5.69 Å². The summed E-state index contributed by atoms with van der Waals surface area (Å²) in [6.07, 6.45) is 0. The minimum atomic E-state index is -1.03. The molecule has 0 bridgehead atoms. The highest BCUT2D eigenvalue weighted by Gasteiger charge is 2.18. The third kappa shape index (κ3) is 3.37. The average molecular weight is 336 g/mol. The van der Waals surface area contributed by atoms with Gasteiger partial charge >= 0.3 is 5.97 Å². The van der Waals surface area contributed by atoms with Gasteiger partial charge in [0.05, 0.1) is 0 Å². The van der Waals surface area contributed by atoms with Gasteiger partial charge in [0, 0.05) is 43.8 Å². The van der Waals surface area contributed by atoms with Crippen LogP contribution in [0.15, 0.2) is 59.0 Å². The molecular weight excluding hydrogens is 316 g/mol. The Labute approximate surface area is 146 Å². The van der Waals surface area contributed by atoms with Gasteiger partial charge in [0.2, 0.25) is 5.76 Å². The summed E-state index contributed by atoms with van der Waals surface area (Å²) in [5, 5.41) is 9.88. The molecule has 0 radical (unpaired) electrons. The van der Waals surface area contributed by atoms with Crippen LogP contribution in [0.5, 0.6) is 0 Å². The molecular formula is C20H20N2O3. The van der Waals surface area contributed by atoms with Crippen molar-refractivity contribution in [3.05, 3.63) is 65.9 Å². The molecule has 0 unspecified atom stereocenters. The van der Waals surface area contributed by atoms with E-state index in [0.717, 1.165) is 43.8 Å². The zero-order valence-electron chi connectivity index (χ0n) is 13.9. The molecule has 4 rings (SSSR count). The van der Waals surface area contributed by atoms with E-state index in [0.29, 0.717) is 5.58 Å². The Balaban J connectivity index is 1.43. The largest absolute Gasteiger partial charge is 0.475 e. The molecule has 3 aromatic rings. The summed E-state index contributed by atoms with van der Waals surface area (Å²) in [7, 11) is 0. The lowest BCUT2D eigenvalue weighted by atomic mass is 10.1. The lowest BCUT2D eigenvalue weighted by Gasteiger charge is -2.36. The van der Waals surface area contributed by atoms with E-state index >= 15 is 0 Å². The van der Waals surface area contributed by atoms with Crippen molar-refractivity contribution in [3.63, 3.8) is 0 Å². The van der Waals surface area contributed by atoms with Crippen LogP contribution >= 0.6 is 0 Å². The minimum Gasteiger partial charge on any atom is -0.475 e. The Morgan fingerprint density at radius 2 is 1.76 bits per heavy atom. The number of benzene rings is 2. The van der Waals surface area contributed by atoms with Crippen LogP contribution in [0.2, 0.25) is 0 Å². The molecule has 1 aliphatic heterocycles. The number of carboxylic acids is 1. The second-order valence-electron chi connectivity index (χ2n) is 6.39. The Morgan fingerprint density at radius 3 is 2.48 bits per heavy atom. The fourth-order valence-electron chi connectivity index (χ4n) is 3.34. The van der Waals surface area contributed by atoms with E-state index in [1.165, 1.54) is 5.56 Å². The highest BCUT2D eigenvalue weighted by Crippen LogP contribution is 2.26. The van der Waals surface area contributed by atoms with E-state index in [9.17, 15) is 4.79 Å². The molecule has 1 N–H and O–H groups in total. The maximum absolute atomic E-state index is 11.0. The molecule has 0 atom stereocenters. The SMILES string of the molecule is O=C(O)c1cc2cc(N3CCN(Cc4ccccc4)CC3)ccc2o1. The summed E-state index contributed by atoms with van der Waals surface area (Å²) in [4.78, 5) is 15.8. The van der Waals surface area contributed by atoms with Gasteiger partial charge in [0.25, 0.3) is 0 Å². The monoisotopic (exact) mass is 336 g/mol. The summed E-state index contributed by atoms with van der Waals surface area (Å²) in [5.74, 6) is -1.05.